The summed E-state index contributed by atoms with van der Waals surface area (Å²) in [5, 5.41) is 11.7. The van der Waals surface area contributed by atoms with E-state index in [4.69, 9.17) is 0 Å². The minimum absolute atomic E-state index is 0.0505. The molecule has 118 valence electrons. The van der Waals surface area contributed by atoms with Gasteiger partial charge in [0.25, 0.3) is 0 Å². The zero-order chi connectivity index (χ0) is 16.3. The Kier molecular flexibility index (Phi) is 4.75. The number of carboxylic acids is 1. The molecule has 0 bridgehead atoms. The van der Waals surface area contributed by atoms with Crippen LogP contribution in [0.2, 0.25) is 0 Å². The summed E-state index contributed by atoms with van der Waals surface area (Å²) in [5.41, 5.74) is 0.558. The summed E-state index contributed by atoms with van der Waals surface area (Å²) >= 11 is 0. The summed E-state index contributed by atoms with van der Waals surface area (Å²) < 4.78 is 13.3. The van der Waals surface area contributed by atoms with Crippen LogP contribution < -0.4 is 5.32 Å². The molecule has 0 saturated carbocycles. The van der Waals surface area contributed by atoms with Gasteiger partial charge >= 0.3 is 5.97 Å². The number of nitrogens with zero attached hydrogens (tertiary/aromatic N) is 1. The van der Waals surface area contributed by atoms with Crippen molar-refractivity contribution >= 4 is 17.8 Å². The molecule has 7 heteroatoms. The molecule has 0 spiro atoms. The van der Waals surface area contributed by atoms with Crippen LogP contribution in [0.5, 0.6) is 0 Å². The second-order valence-electron chi connectivity index (χ2n) is 5.31. The van der Waals surface area contributed by atoms with Crippen molar-refractivity contribution in [2.24, 2.45) is 5.92 Å². The number of hydrogen-bond donors (Lipinski definition) is 2. The highest BCUT2D eigenvalue weighted by Crippen LogP contribution is 2.33. The van der Waals surface area contributed by atoms with Crippen LogP contribution in [0.3, 0.4) is 0 Å². The molecule has 22 heavy (non-hydrogen) atoms. The zero-order valence-electron chi connectivity index (χ0n) is 12.1. The average molecular weight is 308 g/mol. The van der Waals surface area contributed by atoms with Crippen molar-refractivity contribution in [1.82, 2.24) is 10.2 Å². The summed E-state index contributed by atoms with van der Waals surface area (Å²) in [5.74, 6) is -3.39. The first-order chi connectivity index (χ1) is 10.4. The van der Waals surface area contributed by atoms with Crippen molar-refractivity contribution in [3.8, 4) is 0 Å². The van der Waals surface area contributed by atoms with Crippen LogP contribution in [0.25, 0.3) is 0 Å². The number of nitrogens with one attached hydrogen (secondary N) is 1. The van der Waals surface area contributed by atoms with E-state index in [1.165, 1.54) is 30.0 Å². The number of carbonyl (C=O) groups excluding carboxylic acids is 2. The summed E-state index contributed by atoms with van der Waals surface area (Å²) in [7, 11) is 0. The molecule has 1 aliphatic heterocycles. The standard InChI is InChI=1S/C15H17FN2O4/c1-9(19)17-6-14(20)18-7-12(13(8-18)15(21)22)10-3-2-4-11(16)5-10/h2-5,12-13H,6-8H2,1H3,(H,17,19)(H,21,22)/t12-,13+/m1/s1. The number of likely N-dealkylation sites (tertiary alicyclic amines) is 1. The molecule has 2 atom stereocenters. The molecule has 0 radical (unpaired) electrons. The monoisotopic (exact) mass is 308 g/mol. The van der Waals surface area contributed by atoms with E-state index in [1.54, 1.807) is 6.07 Å². The summed E-state index contributed by atoms with van der Waals surface area (Å²) in [6.45, 7) is 1.37. The highest BCUT2D eigenvalue weighted by molar-refractivity contribution is 5.85. The van der Waals surface area contributed by atoms with Gasteiger partial charge in [-0.05, 0) is 17.7 Å². The van der Waals surface area contributed by atoms with Crippen LogP contribution in [-0.4, -0.2) is 47.4 Å². The van der Waals surface area contributed by atoms with Gasteiger partial charge in [0.1, 0.15) is 5.82 Å². The van der Waals surface area contributed by atoms with Gasteiger partial charge < -0.3 is 15.3 Å². The minimum Gasteiger partial charge on any atom is -0.481 e. The summed E-state index contributed by atoms with van der Waals surface area (Å²) in [4.78, 5) is 35.6. The number of benzene rings is 1. The molecule has 2 rings (SSSR count). The van der Waals surface area contributed by atoms with Gasteiger partial charge in [-0.15, -0.1) is 0 Å². The lowest BCUT2D eigenvalue weighted by Crippen LogP contribution is -2.38. The number of halogens is 1. The Morgan fingerprint density at radius 3 is 2.68 bits per heavy atom. The van der Waals surface area contributed by atoms with E-state index >= 15 is 0 Å². The van der Waals surface area contributed by atoms with E-state index in [1.807, 2.05) is 0 Å². The van der Waals surface area contributed by atoms with Crippen molar-refractivity contribution < 1.29 is 23.9 Å². The number of carbonyl (C=O) groups is 3. The molecule has 1 aliphatic rings. The Labute approximate surface area is 126 Å². The van der Waals surface area contributed by atoms with Gasteiger partial charge in [-0.1, -0.05) is 12.1 Å². The van der Waals surface area contributed by atoms with Gasteiger partial charge in [0.15, 0.2) is 0 Å². The maximum atomic E-state index is 13.3. The molecule has 0 unspecified atom stereocenters. The van der Waals surface area contributed by atoms with E-state index in [2.05, 4.69) is 5.32 Å². The molecule has 6 nitrogen and oxygen atoms in total. The lowest BCUT2D eigenvalue weighted by Gasteiger charge is -2.16. The van der Waals surface area contributed by atoms with Gasteiger partial charge in [0.2, 0.25) is 11.8 Å². The van der Waals surface area contributed by atoms with Crippen molar-refractivity contribution in [3.05, 3.63) is 35.6 Å². The lowest BCUT2D eigenvalue weighted by atomic mass is 9.89. The fourth-order valence-electron chi connectivity index (χ4n) is 2.64. The SMILES string of the molecule is CC(=O)NCC(=O)N1C[C@H](C(=O)O)[C@@H](c2cccc(F)c2)C1. The lowest BCUT2D eigenvalue weighted by molar-refractivity contribution is -0.142. The highest BCUT2D eigenvalue weighted by Gasteiger charge is 2.40. The topological polar surface area (TPSA) is 86.7 Å². The Balaban J connectivity index is 2.14. The number of rotatable bonds is 4. The van der Waals surface area contributed by atoms with Crippen molar-refractivity contribution in [2.75, 3.05) is 19.6 Å². The van der Waals surface area contributed by atoms with Gasteiger partial charge in [-0.2, -0.15) is 0 Å². The predicted octanol–water partition coefficient (Wildman–Crippen LogP) is 0.588. The Bertz CT molecular complexity index is 605. The third-order valence-electron chi connectivity index (χ3n) is 3.76. The molecule has 1 fully saturated rings. The number of hydrogen-bond acceptors (Lipinski definition) is 3. The third-order valence-corrected chi connectivity index (χ3v) is 3.76. The highest BCUT2D eigenvalue weighted by atomic mass is 19.1. The Morgan fingerprint density at radius 1 is 1.36 bits per heavy atom. The second kappa shape index (κ2) is 6.55. The van der Waals surface area contributed by atoms with E-state index in [0.717, 1.165) is 0 Å². The first kappa shape index (κ1) is 15.9. The molecule has 0 aromatic heterocycles. The van der Waals surface area contributed by atoms with Crippen LogP contribution in [0.4, 0.5) is 4.39 Å². The largest absolute Gasteiger partial charge is 0.481 e. The normalized spacial score (nSPS) is 20.7. The minimum atomic E-state index is -1.02. The number of aliphatic carboxylic acids is 1. The first-order valence-corrected chi connectivity index (χ1v) is 6.89. The van der Waals surface area contributed by atoms with Gasteiger partial charge in [-0.25, -0.2) is 4.39 Å². The molecule has 2 amide bonds. The number of carboxylic acid groups (broad SMARTS) is 1. The zero-order valence-corrected chi connectivity index (χ0v) is 12.1. The van der Waals surface area contributed by atoms with E-state index < -0.39 is 23.6 Å². The molecular formula is C15H17FN2O4. The maximum absolute atomic E-state index is 13.3. The van der Waals surface area contributed by atoms with Gasteiger partial charge in [0, 0.05) is 25.9 Å². The summed E-state index contributed by atoms with van der Waals surface area (Å²) in [6, 6.07) is 5.76. The molecule has 1 saturated heterocycles. The molecule has 1 aromatic rings. The average Bonchev–Trinajstić information content (AvgIpc) is 2.90. The maximum Gasteiger partial charge on any atom is 0.308 e. The molecule has 1 heterocycles. The Hall–Kier alpha value is -2.44. The van der Waals surface area contributed by atoms with Crippen molar-refractivity contribution in [2.45, 2.75) is 12.8 Å². The van der Waals surface area contributed by atoms with Crippen LogP contribution in [0, 0.1) is 11.7 Å². The van der Waals surface area contributed by atoms with Crippen LogP contribution in [0.15, 0.2) is 24.3 Å². The van der Waals surface area contributed by atoms with Crippen molar-refractivity contribution in [1.29, 1.82) is 0 Å². The molecule has 1 aromatic carbocycles. The Morgan fingerprint density at radius 2 is 2.09 bits per heavy atom. The van der Waals surface area contributed by atoms with E-state index in [9.17, 15) is 23.9 Å². The fourth-order valence-corrected chi connectivity index (χ4v) is 2.64. The number of amides is 2. The van der Waals surface area contributed by atoms with Crippen LogP contribution in [-0.2, 0) is 14.4 Å². The molecule has 0 aliphatic carbocycles. The smallest absolute Gasteiger partial charge is 0.308 e. The fraction of sp³-hybridized carbons (Fsp3) is 0.400. The van der Waals surface area contributed by atoms with E-state index in [0.29, 0.717) is 5.56 Å². The van der Waals surface area contributed by atoms with Crippen molar-refractivity contribution in [3.63, 3.8) is 0 Å². The summed E-state index contributed by atoms with van der Waals surface area (Å²) in [6.07, 6.45) is 0. The van der Waals surface area contributed by atoms with Gasteiger partial charge in [0.05, 0.1) is 12.5 Å². The van der Waals surface area contributed by atoms with Crippen LogP contribution in [0.1, 0.15) is 18.4 Å². The predicted molar refractivity (Wildman–Crippen MR) is 75.5 cm³/mol. The van der Waals surface area contributed by atoms with Gasteiger partial charge in [-0.3, -0.25) is 14.4 Å². The van der Waals surface area contributed by atoms with E-state index in [-0.39, 0.29) is 31.4 Å². The molecular weight excluding hydrogens is 291 g/mol. The third kappa shape index (κ3) is 3.60. The second-order valence-corrected chi connectivity index (χ2v) is 5.31. The quantitative estimate of drug-likeness (QED) is 0.852. The molecule has 2 N–H and O–H groups in total. The first-order valence-electron chi connectivity index (χ1n) is 6.89. The van der Waals surface area contributed by atoms with Crippen LogP contribution >= 0.6 is 0 Å².